The number of nitro groups is 1. The van der Waals surface area contributed by atoms with Crippen molar-refractivity contribution in [1.29, 1.82) is 0 Å². The lowest BCUT2D eigenvalue weighted by molar-refractivity contribution is -0.531. The predicted octanol–water partition coefficient (Wildman–Crippen LogP) is 1.62. The van der Waals surface area contributed by atoms with Crippen molar-refractivity contribution in [2.24, 2.45) is 0 Å². The number of halogens is 1. The zero-order valence-electron chi connectivity index (χ0n) is 8.25. The summed E-state index contributed by atoms with van der Waals surface area (Å²) in [5.74, 6) is -0.0295. The van der Waals surface area contributed by atoms with Crippen molar-refractivity contribution in [3.05, 3.63) is 45.8 Å². The second-order valence-electron chi connectivity index (χ2n) is 3.65. The van der Waals surface area contributed by atoms with Crippen LogP contribution in [0.25, 0.3) is 0 Å². The van der Waals surface area contributed by atoms with Crippen molar-refractivity contribution in [3.63, 3.8) is 0 Å². The lowest BCUT2D eigenvalue weighted by Gasteiger charge is -2.13. The van der Waals surface area contributed by atoms with Crippen molar-refractivity contribution in [1.82, 2.24) is 0 Å². The number of nitrogens with zero attached hydrogens (tertiary/aromatic N) is 1. The topological polar surface area (TPSA) is 63.4 Å². The Kier molecular flexibility index (Phi) is 3.11. The summed E-state index contributed by atoms with van der Waals surface area (Å²) in [6, 6.07) is 4.61. The second kappa shape index (κ2) is 4.39. The van der Waals surface area contributed by atoms with E-state index in [1.54, 1.807) is 0 Å². The molecule has 0 bridgehead atoms. The highest BCUT2D eigenvalue weighted by Crippen LogP contribution is 2.41. The van der Waals surface area contributed by atoms with Crippen LogP contribution >= 0.6 is 11.8 Å². The Morgan fingerprint density at radius 1 is 1.44 bits per heavy atom. The van der Waals surface area contributed by atoms with Gasteiger partial charge in [0.1, 0.15) is 11.9 Å². The van der Waals surface area contributed by atoms with E-state index in [1.807, 2.05) is 0 Å². The smallest absolute Gasteiger partial charge is 0.255 e. The molecule has 0 unspecified atom stereocenters. The molecule has 1 saturated heterocycles. The predicted molar refractivity (Wildman–Crippen MR) is 58.4 cm³/mol. The number of benzene rings is 1. The van der Waals surface area contributed by atoms with E-state index in [0.29, 0.717) is 11.3 Å². The standard InChI is InChI=1S/C10H10FNO3S/c11-7-3-1-6(2-4-7)10-9(12(14)15)8(13)5-16-10/h1-4,8-10,13H,5H2/t8-,9-,10+/m1/s1. The highest BCUT2D eigenvalue weighted by atomic mass is 32.2. The van der Waals surface area contributed by atoms with Crippen molar-refractivity contribution in [3.8, 4) is 0 Å². The molecule has 0 aromatic heterocycles. The van der Waals surface area contributed by atoms with Crippen molar-refractivity contribution < 1.29 is 14.4 Å². The third-order valence-electron chi connectivity index (χ3n) is 2.59. The Bertz CT molecular complexity index is 398. The van der Waals surface area contributed by atoms with E-state index in [0.717, 1.165) is 0 Å². The molecular formula is C10H10FNO3S. The molecular weight excluding hydrogens is 233 g/mol. The van der Waals surface area contributed by atoms with E-state index in [-0.39, 0.29) is 5.82 Å². The highest BCUT2D eigenvalue weighted by Gasteiger charge is 2.45. The Morgan fingerprint density at radius 3 is 2.62 bits per heavy atom. The van der Waals surface area contributed by atoms with Gasteiger partial charge in [-0.1, -0.05) is 12.1 Å². The zero-order valence-corrected chi connectivity index (χ0v) is 9.06. The van der Waals surface area contributed by atoms with Crippen LogP contribution in [-0.4, -0.2) is 27.9 Å². The minimum Gasteiger partial charge on any atom is -0.385 e. The van der Waals surface area contributed by atoms with Gasteiger partial charge < -0.3 is 5.11 Å². The molecule has 0 aliphatic carbocycles. The van der Waals surface area contributed by atoms with Gasteiger partial charge in [-0.25, -0.2) is 4.39 Å². The minimum absolute atomic E-state index is 0.341. The van der Waals surface area contributed by atoms with Gasteiger partial charge >= 0.3 is 0 Å². The number of aliphatic hydroxyl groups is 1. The summed E-state index contributed by atoms with van der Waals surface area (Å²) < 4.78 is 12.7. The quantitative estimate of drug-likeness (QED) is 0.633. The van der Waals surface area contributed by atoms with Crippen LogP contribution in [0, 0.1) is 15.9 Å². The monoisotopic (exact) mass is 243 g/mol. The summed E-state index contributed by atoms with van der Waals surface area (Å²) in [7, 11) is 0. The largest absolute Gasteiger partial charge is 0.385 e. The van der Waals surface area contributed by atoms with Crippen LogP contribution in [0.3, 0.4) is 0 Å². The first-order valence-corrected chi connectivity index (χ1v) is 5.83. The zero-order chi connectivity index (χ0) is 11.7. The molecule has 1 aliphatic rings. The van der Waals surface area contributed by atoms with Crippen LogP contribution in [0.4, 0.5) is 4.39 Å². The van der Waals surface area contributed by atoms with E-state index >= 15 is 0 Å². The van der Waals surface area contributed by atoms with Gasteiger partial charge in [-0.15, -0.1) is 11.8 Å². The first kappa shape index (κ1) is 11.3. The number of rotatable bonds is 2. The molecule has 3 atom stereocenters. The third kappa shape index (κ3) is 2.03. The van der Waals surface area contributed by atoms with E-state index < -0.39 is 22.3 Å². The average molecular weight is 243 g/mol. The number of aliphatic hydroxyl groups excluding tert-OH is 1. The van der Waals surface area contributed by atoms with Crippen molar-refractivity contribution in [2.45, 2.75) is 17.4 Å². The third-order valence-corrected chi connectivity index (χ3v) is 4.04. The van der Waals surface area contributed by atoms with Crippen molar-refractivity contribution >= 4 is 11.8 Å². The molecule has 1 aromatic rings. The molecule has 6 heteroatoms. The Morgan fingerprint density at radius 2 is 2.06 bits per heavy atom. The molecule has 0 amide bonds. The summed E-state index contributed by atoms with van der Waals surface area (Å²) in [4.78, 5) is 10.4. The fourth-order valence-electron chi connectivity index (χ4n) is 1.80. The van der Waals surface area contributed by atoms with Crippen LogP contribution in [0.5, 0.6) is 0 Å². The molecule has 4 nitrogen and oxygen atoms in total. The molecule has 1 aromatic carbocycles. The van der Waals surface area contributed by atoms with Gasteiger partial charge in [0.2, 0.25) is 0 Å². The second-order valence-corrected chi connectivity index (χ2v) is 4.82. The minimum atomic E-state index is -1.00. The van der Waals surface area contributed by atoms with Crippen LogP contribution in [0.2, 0.25) is 0 Å². The van der Waals surface area contributed by atoms with Gasteiger partial charge in [-0.05, 0) is 17.7 Å². The van der Waals surface area contributed by atoms with E-state index in [9.17, 15) is 19.6 Å². The van der Waals surface area contributed by atoms with E-state index in [2.05, 4.69) is 0 Å². The Balaban J connectivity index is 2.26. The Labute approximate surface area is 95.6 Å². The highest BCUT2D eigenvalue weighted by molar-refractivity contribution is 7.99. The molecule has 0 saturated carbocycles. The van der Waals surface area contributed by atoms with E-state index in [4.69, 9.17) is 0 Å². The molecule has 16 heavy (non-hydrogen) atoms. The van der Waals surface area contributed by atoms with Crippen LogP contribution in [0.1, 0.15) is 10.8 Å². The van der Waals surface area contributed by atoms with Gasteiger partial charge in [0, 0.05) is 10.7 Å². The molecule has 1 heterocycles. The number of hydrogen-bond donors (Lipinski definition) is 1. The first-order chi connectivity index (χ1) is 7.59. The maximum Gasteiger partial charge on any atom is 0.255 e. The normalized spacial score (nSPS) is 29.2. The molecule has 0 radical (unpaired) electrons. The van der Waals surface area contributed by atoms with Gasteiger partial charge in [0.25, 0.3) is 6.04 Å². The lowest BCUT2D eigenvalue weighted by atomic mass is 10.0. The maximum absolute atomic E-state index is 12.7. The fraction of sp³-hybridized carbons (Fsp3) is 0.400. The molecule has 1 fully saturated rings. The Hall–Kier alpha value is -1.14. The van der Waals surface area contributed by atoms with Gasteiger partial charge in [0.15, 0.2) is 0 Å². The SMILES string of the molecule is O=[N+]([O-])[C@@H]1[C@H](O)CS[C@H]1c1ccc(F)cc1. The van der Waals surface area contributed by atoms with Gasteiger partial charge in [-0.3, -0.25) is 10.1 Å². The summed E-state index contributed by atoms with van der Waals surface area (Å²) in [6.07, 6.45) is -0.935. The maximum atomic E-state index is 12.7. The number of hydrogen-bond acceptors (Lipinski definition) is 4. The fourth-order valence-corrected chi connectivity index (χ4v) is 3.23. The molecule has 86 valence electrons. The van der Waals surface area contributed by atoms with Gasteiger partial charge in [-0.2, -0.15) is 0 Å². The summed E-state index contributed by atoms with van der Waals surface area (Å²) in [5.41, 5.74) is 0.685. The number of thioether (sulfide) groups is 1. The molecule has 2 rings (SSSR count). The van der Waals surface area contributed by atoms with Crippen LogP contribution in [-0.2, 0) is 0 Å². The van der Waals surface area contributed by atoms with Crippen molar-refractivity contribution in [2.75, 3.05) is 5.75 Å². The molecule has 1 N–H and O–H groups in total. The van der Waals surface area contributed by atoms with Gasteiger partial charge in [0.05, 0.1) is 5.25 Å². The average Bonchev–Trinajstić information content (AvgIpc) is 2.61. The van der Waals surface area contributed by atoms with Crippen LogP contribution in [0.15, 0.2) is 24.3 Å². The first-order valence-electron chi connectivity index (χ1n) is 4.78. The lowest BCUT2D eigenvalue weighted by Crippen LogP contribution is -2.33. The summed E-state index contributed by atoms with van der Waals surface area (Å²) in [6.45, 7) is 0. The van der Waals surface area contributed by atoms with E-state index in [1.165, 1.54) is 36.0 Å². The van der Waals surface area contributed by atoms with Crippen LogP contribution < -0.4 is 0 Å². The molecule has 0 spiro atoms. The summed E-state index contributed by atoms with van der Waals surface area (Å²) in [5, 5.41) is 19.9. The molecule has 1 aliphatic heterocycles. The summed E-state index contributed by atoms with van der Waals surface area (Å²) >= 11 is 1.33.